The molecular weight excluding hydrogens is 366 g/mol. The molecule has 0 bridgehead atoms. The number of urea groups is 1. The van der Waals surface area contributed by atoms with E-state index in [2.05, 4.69) is 25.7 Å². The van der Waals surface area contributed by atoms with Gasteiger partial charge in [0.05, 0.1) is 18.9 Å². The molecule has 0 radical (unpaired) electrons. The summed E-state index contributed by atoms with van der Waals surface area (Å²) in [5, 5.41) is 14.4. The SMILES string of the molecule is Cc1cccc(NC(=O)Nc2ccc(-c3ccc(N4CCOCC4)nn3)cc2)c1. The van der Waals surface area contributed by atoms with Gasteiger partial charge in [-0.3, -0.25) is 0 Å². The molecule has 4 rings (SSSR count). The van der Waals surface area contributed by atoms with Crippen molar-refractivity contribution in [1.82, 2.24) is 10.2 Å². The average Bonchev–Trinajstić information content (AvgIpc) is 2.75. The fraction of sp³-hybridized carbons (Fsp3) is 0.227. The Morgan fingerprint density at radius 2 is 1.69 bits per heavy atom. The Balaban J connectivity index is 1.37. The third kappa shape index (κ3) is 4.89. The quantitative estimate of drug-likeness (QED) is 0.707. The molecule has 7 nitrogen and oxygen atoms in total. The van der Waals surface area contributed by atoms with Crippen molar-refractivity contribution in [2.75, 3.05) is 41.8 Å². The summed E-state index contributed by atoms with van der Waals surface area (Å²) in [5.41, 5.74) is 4.29. The van der Waals surface area contributed by atoms with Crippen LogP contribution in [0.3, 0.4) is 0 Å². The van der Waals surface area contributed by atoms with E-state index in [0.717, 1.165) is 54.6 Å². The number of benzene rings is 2. The van der Waals surface area contributed by atoms with Crippen LogP contribution in [0.2, 0.25) is 0 Å². The monoisotopic (exact) mass is 389 g/mol. The molecule has 148 valence electrons. The average molecular weight is 389 g/mol. The van der Waals surface area contributed by atoms with Crippen LogP contribution >= 0.6 is 0 Å². The Bertz CT molecular complexity index is 967. The van der Waals surface area contributed by atoms with Crippen LogP contribution in [0, 0.1) is 6.92 Å². The molecule has 1 aliphatic heterocycles. The van der Waals surface area contributed by atoms with E-state index in [1.54, 1.807) is 0 Å². The summed E-state index contributed by atoms with van der Waals surface area (Å²) in [6.07, 6.45) is 0. The number of anilines is 3. The highest BCUT2D eigenvalue weighted by atomic mass is 16.5. The first-order valence-corrected chi connectivity index (χ1v) is 9.59. The minimum Gasteiger partial charge on any atom is -0.378 e. The predicted octanol–water partition coefficient (Wildman–Crippen LogP) is 3.93. The Kier molecular flexibility index (Phi) is 5.67. The molecule has 29 heavy (non-hydrogen) atoms. The highest BCUT2D eigenvalue weighted by Crippen LogP contribution is 2.21. The molecule has 1 saturated heterocycles. The van der Waals surface area contributed by atoms with E-state index < -0.39 is 0 Å². The molecule has 2 aromatic carbocycles. The Morgan fingerprint density at radius 1 is 0.931 bits per heavy atom. The van der Waals surface area contributed by atoms with Crippen molar-refractivity contribution in [1.29, 1.82) is 0 Å². The van der Waals surface area contributed by atoms with Crippen LogP contribution in [-0.2, 0) is 4.74 Å². The largest absolute Gasteiger partial charge is 0.378 e. The molecule has 7 heteroatoms. The number of nitrogens with one attached hydrogen (secondary N) is 2. The molecule has 2 heterocycles. The summed E-state index contributed by atoms with van der Waals surface area (Å²) in [4.78, 5) is 14.3. The number of carbonyl (C=O) groups excluding carboxylic acids is 1. The van der Waals surface area contributed by atoms with Gasteiger partial charge in [0.25, 0.3) is 0 Å². The molecule has 0 atom stereocenters. The van der Waals surface area contributed by atoms with Gasteiger partial charge in [0.2, 0.25) is 0 Å². The molecule has 3 aromatic rings. The fourth-order valence-electron chi connectivity index (χ4n) is 3.18. The van der Waals surface area contributed by atoms with Crippen molar-refractivity contribution in [2.24, 2.45) is 0 Å². The van der Waals surface area contributed by atoms with E-state index in [4.69, 9.17) is 4.74 Å². The number of nitrogens with zero attached hydrogens (tertiary/aromatic N) is 3. The summed E-state index contributed by atoms with van der Waals surface area (Å²) >= 11 is 0. The second kappa shape index (κ2) is 8.70. The number of rotatable bonds is 4. The van der Waals surface area contributed by atoms with Crippen LogP contribution < -0.4 is 15.5 Å². The normalized spacial score (nSPS) is 13.8. The number of carbonyl (C=O) groups is 1. The van der Waals surface area contributed by atoms with Crippen molar-refractivity contribution in [3.05, 3.63) is 66.2 Å². The molecule has 1 aliphatic rings. The first-order valence-electron chi connectivity index (χ1n) is 9.59. The number of aryl methyl sites for hydroxylation is 1. The van der Waals surface area contributed by atoms with E-state index in [9.17, 15) is 4.79 Å². The number of hydrogen-bond acceptors (Lipinski definition) is 5. The van der Waals surface area contributed by atoms with Crippen molar-refractivity contribution in [3.63, 3.8) is 0 Å². The van der Waals surface area contributed by atoms with Gasteiger partial charge in [-0.2, -0.15) is 0 Å². The number of morpholine rings is 1. The van der Waals surface area contributed by atoms with Gasteiger partial charge in [-0.1, -0.05) is 24.3 Å². The highest BCUT2D eigenvalue weighted by Gasteiger charge is 2.13. The van der Waals surface area contributed by atoms with E-state index in [1.165, 1.54) is 0 Å². The van der Waals surface area contributed by atoms with Crippen LogP contribution in [0.25, 0.3) is 11.3 Å². The molecule has 1 aromatic heterocycles. The molecule has 0 unspecified atom stereocenters. The van der Waals surface area contributed by atoms with Crippen LogP contribution in [-0.4, -0.2) is 42.5 Å². The van der Waals surface area contributed by atoms with Crippen molar-refractivity contribution >= 4 is 23.2 Å². The van der Waals surface area contributed by atoms with Gasteiger partial charge >= 0.3 is 6.03 Å². The van der Waals surface area contributed by atoms with Gasteiger partial charge in [0.1, 0.15) is 0 Å². The van der Waals surface area contributed by atoms with E-state index >= 15 is 0 Å². The molecule has 1 fully saturated rings. The Labute approximate surface area is 169 Å². The summed E-state index contributed by atoms with van der Waals surface area (Å²) in [6, 6.07) is 18.9. The number of ether oxygens (including phenoxy) is 1. The first-order chi connectivity index (χ1) is 14.2. The Hall–Kier alpha value is -3.45. The molecule has 2 amide bonds. The number of amides is 2. The molecule has 2 N–H and O–H groups in total. The number of hydrogen-bond donors (Lipinski definition) is 2. The maximum atomic E-state index is 12.2. The zero-order chi connectivity index (χ0) is 20.1. The van der Waals surface area contributed by atoms with E-state index in [-0.39, 0.29) is 6.03 Å². The van der Waals surface area contributed by atoms with Crippen molar-refractivity contribution in [3.8, 4) is 11.3 Å². The highest BCUT2D eigenvalue weighted by molar-refractivity contribution is 5.99. The van der Waals surface area contributed by atoms with Gasteiger partial charge in [-0.15, -0.1) is 10.2 Å². The lowest BCUT2D eigenvalue weighted by atomic mass is 10.1. The molecular formula is C22H23N5O2. The minimum absolute atomic E-state index is 0.280. The first kappa shape index (κ1) is 18.9. The van der Waals surface area contributed by atoms with Crippen LogP contribution in [0.1, 0.15) is 5.56 Å². The number of aromatic nitrogens is 2. The summed E-state index contributed by atoms with van der Waals surface area (Å²) < 4.78 is 5.37. The third-order valence-electron chi connectivity index (χ3n) is 4.70. The maximum absolute atomic E-state index is 12.2. The van der Waals surface area contributed by atoms with E-state index in [0.29, 0.717) is 5.69 Å². The fourth-order valence-corrected chi connectivity index (χ4v) is 3.18. The molecule has 0 spiro atoms. The summed E-state index contributed by atoms with van der Waals surface area (Å²) in [6.45, 7) is 5.08. The zero-order valence-electron chi connectivity index (χ0n) is 16.3. The lowest BCUT2D eigenvalue weighted by Gasteiger charge is -2.27. The predicted molar refractivity (Wildman–Crippen MR) is 114 cm³/mol. The second-order valence-electron chi connectivity index (χ2n) is 6.90. The van der Waals surface area contributed by atoms with Crippen LogP contribution in [0.4, 0.5) is 22.0 Å². The smallest absolute Gasteiger partial charge is 0.323 e. The van der Waals surface area contributed by atoms with Crippen molar-refractivity contribution in [2.45, 2.75) is 6.92 Å². The minimum atomic E-state index is -0.280. The van der Waals surface area contributed by atoms with Gasteiger partial charge in [-0.25, -0.2) is 4.79 Å². The molecule has 0 aliphatic carbocycles. The summed E-state index contributed by atoms with van der Waals surface area (Å²) in [5.74, 6) is 0.864. The Morgan fingerprint density at radius 3 is 2.38 bits per heavy atom. The second-order valence-corrected chi connectivity index (χ2v) is 6.90. The molecule has 0 saturated carbocycles. The lowest BCUT2D eigenvalue weighted by Crippen LogP contribution is -2.36. The zero-order valence-corrected chi connectivity index (χ0v) is 16.3. The lowest BCUT2D eigenvalue weighted by molar-refractivity contribution is 0.122. The topological polar surface area (TPSA) is 79.4 Å². The van der Waals surface area contributed by atoms with Gasteiger partial charge < -0.3 is 20.3 Å². The van der Waals surface area contributed by atoms with Crippen molar-refractivity contribution < 1.29 is 9.53 Å². The third-order valence-corrected chi connectivity index (χ3v) is 4.70. The van der Waals surface area contributed by atoms with E-state index in [1.807, 2.05) is 67.6 Å². The van der Waals surface area contributed by atoms with Gasteiger partial charge in [0.15, 0.2) is 5.82 Å². The maximum Gasteiger partial charge on any atom is 0.323 e. The van der Waals surface area contributed by atoms with Gasteiger partial charge in [-0.05, 0) is 48.9 Å². The van der Waals surface area contributed by atoms with Gasteiger partial charge in [0, 0.05) is 30.0 Å². The van der Waals surface area contributed by atoms with Crippen LogP contribution in [0.15, 0.2) is 60.7 Å². The standard InChI is InChI=1S/C22H23N5O2/c1-16-3-2-4-19(15-16)24-22(28)23-18-7-5-17(6-8-18)20-9-10-21(26-25-20)27-11-13-29-14-12-27/h2-10,15H,11-14H2,1H3,(H2,23,24,28). The summed E-state index contributed by atoms with van der Waals surface area (Å²) in [7, 11) is 0. The van der Waals surface area contributed by atoms with Crippen LogP contribution in [0.5, 0.6) is 0 Å².